The predicted molar refractivity (Wildman–Crippen MR) is 63.6 cm³/mol. The van der Waals surface area contributed by atoms with Gasteiger partial charge in [-0.05, 0) is 0 Å². The summed E-state index contributed by atoms with van der Waals surface area (Å²) in [5.41, 5.74) is 1.87. The van der Waals surface area contributed by atoms with E-state index in [-0.39, 0.29) is 0 Å². The first kappa shape index (κ1) is 9.71. The molecule has 84 valence electrons. The SMILES string of the molecule is CNc1nnc2nc(-c3ccccc3)cn2n1. The number of imidazole rings is 1. The van der Waals surface area contributed by atoms with Gasteiger partial charge in [0.2, 0.25) is 0 Å². The number of hydrogen-bond donors (Lipinski definition) is 1. The van der Waals surface area contributed by atoms with Gasteiger partial charge in [0.25, 0.3) is 11.7 Å². The molecule has 0 aliphatic rings. The van der Waals surface area contributed by atoms with Crippen molar-refractivity contribution in [2.75, 3.05) is 12.4 Å². The van der Waals surface area contributed by atoms with Gasteiger partial charge in [-0.25, -0.2) is 4.98 Å². The van der Waals surface area contributed by atoms with Crippen LogP contribution in [0.15, 0.2) is 36.5 Å². The van der Waals surface area contributed by atoms with E-state index in [2.05, 4.69) is 25.6 Å². The van der Waals surface area contributed by atoms with Crippen molar-refractivity contribution >= 4 is 11.7 Å². The van der Waals surface area contributed by atoms with Crippen molar-refractivity contribution in [2.45, 2.75) is 0 Å². The second kappa shape index (κ2) is 3.82. The van der Waals surface area contributed by atoms with Gasteiger partial charge in [-0.3, -0.25) is 0 Å². The highest BCUT2D eigenvalue weighted by Crippen LogP contribution is 2.17. The smallest absolute Gasteiger partial charge is 0.270 e. The standard InChI is InChI=1S/C11H10N6/c1-12-10-14-15-11-13-9(7-17(11)16-10)8-5-3-2-4-6-8/h2-7H,1H3,(H,12,16). The summed E-state index contributed by atoms with van der Waals surface area (Å²) in [5, 5.41) is 14.9. The van der Waals surface area contributed by atoms with Gasteiger partial charge in [-0.15, -0.1) is 15.3 Å². The Balaban J connectivity index is 2.14. The van der Waals surface area contributed by atoms with Gasteiger partial charge >= 0.3 is 0 Å². The molecule has 0 radical (unpaired) electrons. The van der Waals surface area contributed by atoms with Crippen molar-refractivity contribution in [1.29, 1.82) is 0 Å². The first-order valence-electron chi connectivity index (χ1n) is 5.20. The third kappa shape index (κ3) is 1.69. The van der Waals surface area contributed by atoms with Crippen LogP contribution in [-0.4, -0.2) is 31.8 Å². The third-order valence-corrected chi connectivity index (χ3v) is 2.40. The molecular weight excluding hydrogens is 216 g/mol. The molecule has 0 bridgehead atoms. The van der Waals surface area contributed by atoms with Crippen LogP contribution in [0.2, 0.25) is 0 Å². The zero-order valence-electron chi connectivity index (χ0n) is 9.20. The molecule has 3 aromatic rings. The average Bonchev–Trinajstić information content (AvgIpc) is 2.82. The van der Waals surface area contributed by atoms with E-state index >= 15 is 0 Å². The highest BCUT2D eigenvalue weighted by molar-refractivity contribution is 5.60. The number of benzene rings is 1. The summed E-state index contributed by atoms with van der Waals surface area (Å²) < 4.78 is 1.61. The number of nitrogens with zero attached hydrogens (tertiary/aromatic N) is 5. The minimum Gasteiger partial charge on any atom is -0.355 e. The zero-order valence-corrected chi connectivity index (χ0v) is 9.20. The van der Waals surface area contributed by atoms with Gasteiger partial charge in [0.15, 0.2) is 0 Å². The summed E-state index contributed by atoms with van der Waals surface area (Å²) >= 11 is 0. The average molecular weight is 226 g/mol. The first-order chi connectivity index (χ1) is 8.36. The monoisotopic (exact) mass is 226 g/mol. The molecule has 0 atom stereocenters. The fourth-order valence-electron chi connectivity index (χ4n) is 1.57. The van der Waals surface area contributed by atoms with Gasteiger partial charge in [0.05, 0.1) is 11.9 Å². The Kier molecular flexibility index (Phi) is 2.18. The highest BCUT2D eigenvalue weighted by Gasteiger charge is 2.06. The summed E-state index contributed by atoms with van der Waals surface area (Å²) in [5.74, 6) is 0.956. The maximum atomic E-state index is 4.36. The van der Waals surface area contributed by atoms with Gasteiger partial charge in [-0.1, -0.05) is 30.3 Å². The van der Waals surface area contributed by atoms with Crippen LogP contribution in [0.5, 0.6) is 0 Å². The summed E-state index contributed by atoms with van der Waals surface area (Å²) in [6, 6.07) is 9.90. The van der Waals surface area contributed by atoms with Gasteiger partial charge < -0.3 is 5.32 Å². The van der Waals surface area contributed by atoms with E-state index in [9.17, 15) is 0 Å². The largest absolute Gasteiger partial charge is 0.355 e. The third-order valence-electron chi connectivity index (χ3n) is 2.40. The first-order valence-corrected chi connectivity index (χ1v) is 5.20. The Bertz CT molecular complexity index is 645. The quantitative estimate of drug-likeness (QED) is 0.711. The van der Waals surface area contributed by atoms with Crippen molar-refractivity contribution in [3.8, 4) is 11.3 Å². The van der Waals surface area contributed by atoms with Gasteiger partial charge in [0, 0.05) is 12.6 Å². The van der Waals surface area contributed by atoms with Crippen LogP contribution in [0.3, 0.4) is 0 Å². The summed E-state index contributed by atoms with van der Waals surface area (Å²) in [6.45, 7) is 0. The van der Waals surface area contributed by atoms with Crippen molar-refractivity contribution in [3.05, 3.63) is 36.5 Å². The molecule has 2 heterocycles. The fraction of sp³-hybridized carbons (Fsp3) is 0.0909. The number of nitrogens with one attached hydrogen (secondary N) is 1. The molecule has 0 aliphatic carbocycles. The molecule has 1 N–H and O–H groups in total. The molecule has 17 heavy (non-hydrogen) atoms. The maximum absolute atomic E-state index is 4.36. The van der Waals surface area contributed by atoms with E-state index in [1.54, 1.807) is 11.6 Å². The lowest BCUT2D eigenvalue weighted by molar-refractivity contribution is 0.833. The summed E-state index contributed by atoms with van der Waals surface area (Å²) in [7, 11) is 1.75. The Morgan fingerprint density at radius 1 is 1.12 bits per heavy atom. The number of rotatable bonds is 2. The lowest BCUT2D eigenvalue weighted by atomic mass is 10.2. The predicted octanol–water partition coefficient (Wildman–Crippen LogP) is 1.23. The van der Waals surface area contributed by atoms with Gasteiger partial charge in [-0.2, -0.15) is 4.52 Å². The molecule has 0 spiro atoms. The molecule has 0 saturated carbocycles. The topological polar surface area (TPSA) is 68.0 Å². The second-order valence-electron chi connectivity index (χ2n) is 3.51. The zero-order chi connectivity index (χ0) is 11.7. The van der Waals surface area contributed by atoms with Crippen LogP contribution < -0.4 is 5.32 Å². The number of hydrogen-bond acceptors (Lipinski definition) is 5. The highest BCUT2D eigenvalue weighted by atomic mass is 15.4. The summed E-state index contributed by atoms with van der Waals surface area (Å²) in [4.78, 5) is 4.36. The minimum atomic E-state index is 0.467. The molecule has 2 aromatic heterocycles. The molecule has 0 amide bonds. The van der Waals surface area contributed by atoms with Crippen LogP contribution in [0.25, 0.3) is 17.0 Å². The fourth-order valence-corrected chi connectivity index (χ4v) is 1.57. The van der Waals surface area contributed by atoms with Crippen LogP contribution in [-0.2, 0) is 0 Å². The lowest BCUT2D eigenvalue weighted by Crippen LogP contribution is -2.03. The molecule has 0 saturated heterocycles. The van der Waals surface area contributed by atoms with E-state index in [0.29, 0.717) is 11.7 Å². The number of anilines is 1. The number of fused-ring (bicyclic) bond motifs is 1. The van der Waals surface area contributed by atoms with Gasteiger partial charge in [0.1, 0.15) is 0 Å². The van der Waals surface area contributed by atoms with E-state index in [4.69, 9.17) is 0 Å². The maximum Gasteiger partial charge on any atom is 0.270 e. The molecule has 0 aliphatic heterocycles. The molecule has 6 nitrogen and oxygen atoms in total. The van der Waals surface area contributed by atoms with Crippen molar-refractivity contribution < 1.29 is 0 Å². The minimum absolute atomic E-state index is 0.467. The van der Waals surface area contributed by atoms with E-state index in [0.717, 1.165) is 11.3 Å². The Morgan fingerprint density at radius 2 is 1.94 bits per heavy atom. The van der Waals surface area contributed by atoms with Crippen LogP contribution in [0, 0.1) is 0 Å². The summed E-state index contributed by atoms with van der Waals surface area (Å²) in [6.07, 6.45) is 1.83. The Labute approximate surface area is 97.3 Å². The molecule has 6 heteroatoms. The Morgan fingerprint density at radius 3 is 2.71 bits per heavy atom. The van der Waals surface area contributed by atoms with E-state index in [1.807, 2.05) is 36.5 Å². The van der Waals surface area contributed by atoms with Crippen LogP contribution >= 0.6 is 0 Å². The normalized spacial score (nSPS) is 10.6. The number of aromatic nitrogens is 5. The van der Waals surface area contributed by atoms with Crippen molar-refractivity contribution in [2.24, 2.45) is 0 Å². The molecule has 0 unspecified atom stereocenters. The molecule has 1 aromatic carbocycles. The van der Waals surface area contributed by atoms with E-state index in [1.165, 1.54) is 0 Å². The van der Waals surface area contributed by atoms with Crippen LogP contribution in [0.1, 0.15) is 0 Å². The van der Waals surface area contributed by atoms with E-state index < -0.39 is 0 Å². The Hall–Kier alpha value is -2.50. The molecular formula is C11H10N6. The second-order valence-corrected chi connectivity index (χ2v) is 3.51. The molecule has 0 fully saturated rings. The van der Waals surface area contributed by atoms with Crippen molar-refractivity contribution in [3.63, 3.8) is 0 Å². The molecule has 3 rings (SSSR count). The lowest BCUT2D eigenvalue weighted by Gasteiger charge is -1.94. The van der Waals surface area contributed by atoms with Crippen LogP contribution in [0.4, 0.5) is 5.95 Å². The van der Waals surface area contributed by atoms with Crippen molar-refractivity contribution in [1.82, 2.24) is 24.8 Å².